The Bertz CT molecular complexity index is 654. The third kappa shape index (κ3) is 3.92. The first-order valence-corrected chi connectivity index (χ1v) is 8.39. The molecule has 3 heteroatoms. The van der Waals surface area contributed by atoms with E-state index in [1.54, 1.807) is 0 Å². The van der Waals surface area contributed by atoms with E-state index in [1.165, 1.54) is 16.7 Å². The van der Waals surface area contributed by atoms with E-state index < -0.39 is 0 Å². The summed E-state index contributed by atoms with van der Waals surface area (Å²) >= 11 is 0. The van der Waals surface area contributed by atoms with Crippen LogP contribution in [-0.2, 0) is 6.42 Å². The molecule has 0 radical (unpaired) electrons. The zero-order valence-corrected chi connectivity index (χ0v) is 13.7. The second-order valence-corrected chi connectivity index (χ2v) is 6.23. The summed E-state index contributed by atoms with van der Waals surface area (Å²) in [5, 5.41) is 3.07. The molecule has 0 aromatic heterocycles. The molecule has 1 fully saturated rings. The van der Waals surface area contributed by atoms with Crippen LogP contribution in [-0.4, -0.2) is 24.0 Å². The zero-order chi connectivity index (χ0) is 16.1. The summed E-state index contributed by atoms with van der Waals surface area (Å²) < 4.78 is 0. The number of likely N-dealkylation sites (tertiary alicyclic amines) is 1. The summed E-state index contributed by atoms with van der Waals surface area (Å²) in [4.78, 5) is 14.5. The molecule has 1 N–H and O–H groups in total. The predicted octanol–water partition coefficient (Wildman–Crippen LogP) is 4.08. The van der Waals surface area contributed by atoms with Gasteiger partial charge in [-0.3, -0.25) is 0 Å². The van der Waals surface area contributed by atoms with Crippen molar-refractivity contribution in [3.63, 3.8) is 0 Å². The highest BCUT2D eigenvalue weighted by Gasteiger charge is 2.29. The number of benzene rings is 2. The third-order valence-electron chi connectivity index (χ3n) is 4.47. The molecule has 120 valence electrons. The minimum atomic E-state index is 0.0601. The van der Waals surface area contributed by atoms with Crippen molar-refractivity contribution in [3.8, 4) is 0 Å². The van der Waals surface area contributed by atoms with Gasteiger partial charge in [0.2, 0.25) is 0 Å². The first-order chi connectivity index (χ1) is 11.2. The molecule has 0 bridgehead atoms. The van der Waals surface area contributed by atoms with Crippen LogP contribution in [0, 0.1) is 6.92 Å². The first kappa shape index (κ1) is 15.6. The van der Waals surface area contributed by atoms with Crippen molar-refractivity contribution in [1.82, 2.24) is 10.2 Å². The number of hydrogen-bond acceptors (Lipinski definition) is 1. The molecule has 2 aromatic carbocycles. The van der Waals surface area contributed by atoms with E-state index in [-0.39, 0.29) is 12.1 Å². The van der Waals surface area contributed by atoms with Crippen molar-refractivity contribution in [1.29, 1.82) is 0 Å². The van der Waals surface area contributed by atoms with E-state index in [0.717, 1.165) is 25.8 Å². The van der Waals surface area contributed by atoms with Crippen molar-refractivity contribution in [3.05, 3.63) is 71.3 Å². The Kier molecular flexibility index (Phi) is 4.96. The lowest BCUT2D eigenvalue weighted by molar-refractivity contribution is 0.193. The van der Waals surface area contributed by atoms with Gasteiger partial charge in [-0.15, -0.1) is 0 Å². The van der Waals surface area contributed by atoms with Crippen LogP contribution in [0.2, 0.25) is 0 Å². The van der Waals surface area contributed by atoms with E-state index in [2.05, 4.69) is 48.6 Å². The van der Waals surface area contributed by atoms with Crippen LogP contribution in [0.1, 0.15) is 35.6 Å². The van der Waals surface area contributed by atoms with Gasteiger partial charge in [-0.25, -0.2) is 4.79 Å². The van der Waals surface area contributed by atoms with Crippen LogP contribution in [0.3, 0.4) is 0 Å². The summed E-state index contributed by atoms with van der Waals surface area (Å²) in [7, 11) is 0. The minimum absolute atomic E-state index is 0.0601. The Labute approximate surface area is 138 Å². The Morgan fingerprint density at radius 2 is 2.00 bits per heavy atom. The van der Waals surface area contributed by atoms with Crippen molar-refractivity contribution < 1.29 is 4.79 Å². The number of carbonyl (C=O) groups excluding carboxylic acids is 1. The lowest BCUT2D eigenvalue weighted by atomic mass is 10.0. The van der Waals surface area contributed by atoms with Crippen molar-refractivity contribution in [2.45, 2.75) is 32.2 Å². The molecule has 23 heavy (non-hydrogen) atoms. The Morgan fingerprint density at radius 3 is 2.78 bits per heavy atom. The SMILES string of the molecule is Cc1cccc(C2CCCN2C(=O)NCCc2ccccc2)c1. The van der Waals surface area contributed by atoms with Crippen LogP contribution < -0.4 is 5.32 Å². The van der Waals surface area contributed by atoms with Gasteiger partial charge in [0, 0.05) is 13.1 Å². The smallest absolute Gasteiger partial charge is 0.317 e. The van der Waals surface area contributed by atoms with E-state index in [9.17, 15) is 4.79 Å². The molecule has 3 rings (SSSR count). The fraction of sp³-hybridized carbons (Fsp3) is 0.350. The second kappa shape index (κ2) is 7.32. The minimum Gasteiger partial charge on any atom is -0.338 e. The number of amides is 2. The van der Waals surface area contributed by atoms with Gasteiger partial charge in [-0.05, 0) is 37.3 Å². The largest absolute Gasteiger partial charge is 0.338 e. The molecule has 1 saturated heterocycles. The third-order valence-corrected chi connectivity index (χ3v) is 4.47. The van der Waals surface area contributed by atoms with Crippen molar-refractivity contribution in [2.24, 2.45) is 0 Å². The van der Waals surface area contributed by atoms with Crippen LogP contribution >= 0.6 is 0 Å². The van der Waals surface area contributed by atoms with E-state index in [1.807, 2.05) is 23.1 Å². The maximum atomic E-state index is 12.5. The van der Waals surface area contributed by atoms with Gasteiger partial charge in [0.25, 0.3) is 0 Å². The van der Waals surface area contributed by atoms with Gasteiger partial charge >= 0.3 is 6.03 Å². The second-order valence-electron chi connectivity index (χ2n) is 6.23. The molecule has 2 amide bonds. The maximum absolute atomic E-state index is 12.5. The molecule has 0 saturated carbocycles. The number of rotatable bonds is 4. The highest BCUT2D eigenvalue weighted by atomic mass is 16.2. The average molecular weight is 308 g/mol. The summed E-state index contributed by atoms with van der Waals surface area (Å²) in [6.07, 6.45) is 3.00. The highest BCUT2D eigenvalue weighted by Crippen LogP contribution is 2.32. The number of carbonyl (C=O) groups is 1. The predicted molar refractivity (Wildman–Crippen MR) is 93.4 cm³/mol. The molecule has 1 unspecified atom stereocenters. The normalized spacial score (nSPS) is 17.3. The molecule has 2 aromatic rings. The van der Waals surface area contributed by atoms with Crippen LogP contribution in [0.15, 0.2) is 54.6 Å². The summed E-state index contributed by atoms with van der Waals surface area (Å²) in [5.41, 5.74) is 3.75. The Balaban J connectivity index is 1.58. The van der Waals surface area contributed by atoms with Crippen LogP contribution in [0.25, 0.3) is 0 Å². The Morgan fingerprint density at radius 1 is 1.17 bits per heavy atom. The lowest BCUT2D eigenvalue weighted by Crippen LogP contribution is -2.40. The van der Waals surface area contributed by atoms with Gasteiger partial charge in [0.05, 0.1) is 6.04 Å². The number of aryl methyl sites for hydroxylation is 1. The highest BCUT2D eigenvalue weighted by molar-refractivity contribution is 5.75. The number of hydrogen-bond donors (Lipinski definition) is 1. The lowest BCUT2D eigenvalue weighted by Gasteiger charge is -2.25. The van der Waals surface area contributed by atoms with Crippen LogP contribution in [0.5, 0.6) is 0 Å². The van der Waals surface area contributed by atoms with E-state index in [0.29, 0.717) is 6.54 Å². The molecular formula is C20H24N2O. The fourth-order valence-corrected chi connectivity index (χ4v) is 3.29. The number of nitrogens with zero attached hydrogens (tertiary/aromatic N) is 1. The molecular weight excluding hydrogens is 284 g/mol. The maximum Gasteiger partial charge on any atom is 0.317 e. The number of urea groups is 1. The molecule has 1 aliphatic rings. The summed E-state index contributed by atoms with van der Waals surface area (Å²) in [6, 6.07) is 19.0. The summed E-state index contributed by atoms with van der Waals surface area (Å²) in [6.45, 7) is 3.62. The molecule has 3 nitrogen and oxygen atoms in total. The fourth-order valence-electron chi connectivity index (χ4n) is 3.29. The quantitative estimate of drug-likeness (QED) is 0.906. The van der Waals surface area contributed by atoms with Gasteiger partial charge in [-0.2, -0.15) is 0 Å². The molecule has 0 aliphatic carbocycles. The van der Waals surface area contributed by atoms with Gasteiger partial charge in [0.1, 0.15) is 0 Å². The standard InChI is InChI=1S/C20H24N2O/c1-16-7-5-10-18(15-16)19-11-6-14-22(19)20(23)21-13-12-17-8-3-2-4-9-17/h2-5,7-10,15,19H,6,11-14H2,1H3,(H,21,23). The molecule has 0 spiro atoms. The molecule has 1 aliphatic heterocycles. The topological polar surface area (TPSA) is 32.3 Å². The van der Waals surface area contributed by atoms with E-state index in [4.69, 9.17) is 0 Å². The van der Waals surface area contributed by atoms with Crippen molar-refractivity contribution in [2.75, 3.05) is 13.1 Å². The van der Waals surface area contributed by atoms with Crippen molar-refractivity contribution >= 4 is 6.03 Å². The number of nitrogens with one attached hydrogen (secondary N) is 1. The zero-order valence-electron chi connectivity index (χ0n) is 13.7. The van der Waals surface area contributed by atoms with Gasteiger partial charge in [-0.1, -0.05) is 60.2 Å². The monoisotopic (exact) mass is 308 g/mol. The van der Waals surface area contributed by atoms with E-state index >= 15 is 0 Å². The molecule has 1 heterocycles. The first-order valence-electron chi connectivity index (χ1n) is 8.39. The Hall–Kier alpha value is -2.29. The molecule has 1 atom stereocenters. The average Bonchev–Trinajstić information content (AvgIpc) is 3.05. The summed E-state index contributed by atoms with van der Waals surface area (Å²) in [5.74, 6) is 0. The van der Waals surface area contributed by atoms with Gasteiger partial charge < -0.3 is 10.2 Å². The van der Waals surface area contributed by atoms with Crippen LogP contribution in [0.4, 0.5) is 4.79 Å². The van der Waals surface area contributed by atoms with Gasteiger partial charge in [0.15, 0.2) is 0 Å².